The summed E-state index contributed by atoms with van der Waals surface area (Å²) in [6.45, 7) is 4.08. The highest BCUT2D eigenvalue weighted by Crippen LogP contribution is 2.41. The number of aromatic nitrogens is 4. The highest BCUT2D eigenvalue weighted by molar-refractivity contribution is 6.33. The number of imidazole rings is 1. The fraction of sp³-hybridized carbons (Fsp3) is 0.357. The van der Waals surface area contributed by atoms with Crippen LogP contribution >= 0.6 is 11.6 Å². The van der Waals surface area contributed by atoms with Crippen molar-refractivity contribution in [2.45, 2.75) is 45.3 Å². The van der Waals surface area contributed by atoms with Gasteiger partial charge in [-0.05, 0) is 62.6 Å². The van der Waals surface area contributed by atoms with Crippen LogP contribution in [-0.4, -0.2) is 49.9 Å². The third kappa shape index (κ3) is 5.75. The molecule has 0 aliphatic heterocycles. The Bertz CT molecular complexity index is 1540. The molecule has 0 radical (unpaired) electrons. The molecule has 204 valence electrons. The molecule has 2 heterocycles. The quantitative estimate of drug-likeness (QED) is 0.249. The summed E-state index contributed by atoms with van der Waals surface area (Å²) in [6.07, 6.45) is 3.63. The average Bonchev–Trinajstić information content (AvgIpc) is 3.52. The highest BCUT2D eigenvalue weighted by atomic mass is 35.5. The van der Waals surface area contributed by atoms with Crippen LogP contribution in [0, 0.1) is 11.7 Å². The van der Waals surface area contributed by atoms with Gasteiger partial charge in [0, 0.05) is 11.1 Å². The lowest BCUT2D eigenvalue weighted by atomic mass is 10.1. The van der Waals surface area contributed by atoms with Gasteiger partial charge in [-0.1, -0.05) is 18.5 Å². The molecule has 9 nitrogen and oxygen atoms in total. The molecule has 0 amide bonds. The molecule has 0 saturated heterocycles. The summed E-state index contributed by atoms with van der Waals surface area (Å²) in [4.78, 5) is 24.7. The van der Waals surface area contributed by atoms with E-state index in [2.05, 4.69) is 9.97 Å². The van der Waals surface area contributed by atoms with E-state index in [0.717, 1.165) is 12.8 Å². The predicted octanol–water partition coefficient (Wildman–Crippen LogP) is 5.76. The van der Waals surface area contributed by atoms with Gasteiger partial charge in [0.1, 0.15) is 35.1 Å². The number of methoxy groups -OCH3 is 1. The molecule has 0 spiro atoms. The molecule has 1 aliphatic rings. The number of hydrogen-bond donors (Lipinski definition) is 1. The van der Waals surface area contributed by atoms with Crippen LogP contribution in [0.1, 0.15) is 38.7 Å². The summed E-state index contributed by atoms with van der Waals surface area (Å²) in [7, 11) is 1.53. The molecular formula is C28H28ClFN4O5. The Morgan fingerprint density at radius 2 is 2.03 bits per heavy atom. The molecule has 1 aliphatic carbocycles. The zero-order valence-corrected chi connectivity index (χ0v) is 22.5. The van der Waals surface area contributed by atoms with Crippen LogP contribution in [0.25, 0.3) is 22.6 Å². The summed E-state index contributed by atoms with van der Waals surface area (Å²) in [6, 6.07) is 9.50. The van der Waals surface area contributed by atoms with E-state index in [1.54, 1.807) is 31.2 Å². The van der Waals surface area contributed by atoms with Gasteiger partial charge in [0.05, 0.1) is 31.2 Å². The summed E-state index contributed by atoms with van der Waals surface area (Å²) >= 11 is 6.72. The summed E-state index contributed by atoms with van der Waals surface area (Å²) < 4.78 is 33.4. The smallest absolute Gasteiger partial charge is 0.306 e. The zero-order chi connectivity index (χ0) is 27.7. The number of hydrogen-bond acceptors (Lipinski definition) is 7. The van der Waals surface area contributed by atoms with E-state index >= 15 is 0 Å². The van der Waals surface area contributed by atoms with Gasteiger partial charge < -0.3 is 23.9 Å². The van der Waals surface area contributed by atoms with Crippen LogP contribution < -0.4 is 14.2 Å². The molecule has 0 bridgehead atoms. The van der Waals surface area contributed by atoms with Crippen LogP contribution in [0.2, 0.25) is 5.02 Å². The number of nitrogens with zero attached hydrogens (tertiary/aromatic N) is 4. The Hall–Kier alpha value is -3.92. The minimum absolute atomic E-state index is 0.197. The molecule has 39 heavy (non-hydrogen) atoms. The first-order valence-corrected chi connectivity index (χ1v) is 12.9. The van der Waals surface area contributed by atoms with Crippen molar-refractivity contribution in [1.82, 2.24) is 19.5 Å². The van der Waals surface area contributed by atoms with E-state index in [4.69, 9.17) is 35.9 Å². The van der Waals surface area contributed by atoms with Crippen LogP contribution in [-0.2, 0) is 11.3 Å². The number of rotatable bonds is 11. The van der Waals surface area contributed by atoms with Crippen molar-refractivity contribution in [1.29, 1.82) is 0 Å². The fourth-order valence-electron chi connectivity index (χ4n) is 4.14. The van der Waals surface area contributed by atoms with Gasteiger partial charge in [-0.25, -0.2) is 14.4 Å². The fourth-order valence-corrected chi connectivity index (χ4v) is 4.40. The van der Waals surface area contributed by atoms with Gasteiger partial charge in [0.15, 0.2) is 11.2 Å². The highest BCUT2D eigenvalue weighted by Gasteiger charge is 2.41. The van der Waals surface area contributed by atoms with Crippen molar-refractivity contribution in [3.8, 4) is 28.8 Å². The van der Waals surface area contributed by atoms with E-state index in [1.807, 2.05) is 11.5 Å². The van der Waals surface area contributed by atoms with Gasteiger partial charge in [0.25, 0.3) is 0 Å². The number of carboxylic acid groups (broad SMARTS) is 1. The maximum Gasteiger partial charge on any atom is 0.306 e. The number of carbonyl (C=O) groups is 1. The molecule has 5 rings (SSSR count). The maximum atomic E-state index is 14.2. The molecule has 1 fully saturated rings. The first-order chi connectivity index (χ1) is 18.7. The maximum absolute atomic E-state index is 14.2. The normalized spacial score (nSPS) is 14.7. The van der Waals surface area contributed by atoms with E-state index < -0.39 is 17.7 Å². The summed E-state index contributed by atoms with van der Waals surface area (Å²) in [5, 5.41) is 9.44. The topological polar surface area (TPSA) is 109 Å². The van der Waals surface area contributed by atoms with E-state index in [-0.39, 0.29) is 18.8 Å². The van der Waals surface area contributed by atoms with Crippen LogP contribution in [0.15, 0.2) is 42.7 Å². The number of benzene rings is 2. The second-order valence-corrected chi connectivity index (χ2v) is 10.3. The van der Waals surface area contributed by atoms with Crippen LogP contribution in [0.5, 0.6) is 17.4 Å². The number of fused-ring (bicyclic) bond motifs is 1. The predicted molar refractivity (Wildman–Crippen MR) is 143 cm³/mol. The minimum atomic E-state index is -0.872. The largest absolute Gasteiger partial charge is 0.496 e. The van der Waals surface area contributed by atoms with Crippen LogP contribution in [0.3, 0.4) is 0 Å². The Labute approximate surface area is 229 Å². The first-order valence-electron chi connectivity index (χ1n) is 12.6. The summed E-state index contributed by atoms with van der Waals surface area (Å²) in [5.74, 6) is 0.0899. The lowest BCUT2D eigenvalue weighted by Gasteiger charge is -2.14. The van der Waals surface area contributed by atoms with Gasteiger partial charge in [-0.15, -0.1) is 0 Å². The third-order valence-corrected chi connectivity index (χ3v) is 7.10. The van der Waals surface area contributed by atoms with E-state index in [9.17, 15) is 9.18 Å². The Morgan fingerprint density at radius 1 is 1.23 bits per heavy atom. The molecule has 1 saturated carbocycles. The number of ether oxygens (including phenoxy) is 3. The standard InChI is InChI=1S/C28H28ClFN4O5/c1-16(27(35)36)8-11-38-19-5-6-20(21(29)13-19)24-33-23-25(31-15-32-26(23)39-28(2)9-10-28)34(24)14-17-12-18(30)4-7-22(17)37-3/h4-7,12-13,15-16H,8-11,14H2,1-3H3,(H,35,36)/t16-/m0/s1. The zero-order valence-electron chi connectivity index (χ0n) is 21.8. The molecule has 1 N–H and O–H groups in total. The summed E-state index contributed by atoms with van der Waals surface area (Å²) in [5.41, 5.74) is 1.88. The lowest BCUT2D eigenvalue weighted by Crippen LogP contribution is -2.13. The van der Waals surface area contributed by atoms with Gasteiger partial charge in [-0.2, -0.15) is 4.98 Å². The molecule has 2 aromatic heterocycles. The van der Waals surface area contributed by atoms with Crippen molar-refractivity contribution in [3.05, 3.63) is 59.1 Å². The van der Waals surface area contributed by atoms with Crippen molar-refractivity contribution >= 4 is 28.7 Å². The van der Waals surface area contributed by atoms with Crippen LogP contribution in [0.4, 0.5) is 4.39 Å². The lowest BCUT2D eigenvalue weighted by molar-refractivity contribution is -0.141. The number of carboxylic acids is 1. The Kier molecular flexibility index (Phi) is 7.31. The third-order valence-electron chi connectivity index (χ3n) is 6.79. The average molecular weight is 555 g/mol. The number of halogens is 2. The SMILES string of the molecule is COc1ccc(F)cc1Cn1c(-c2ccc(OCC[C@H](C)C(=O)O)cc2Cl)nc2c(OC3(C)CC3)ncnc21. The molecule has 11 heteroatoms. The number of aliphatic carboxylic acids is 1. The van der Waals surface area contributed by atoms with Gasteiger partial charge in [-0.3, -0.25) is 4.79 Å². The van der Waals surface area contributed by atoms with Crippen molar-refractivity contribution < 1.29 is 28.5 Å². The monoisotopic (exact) mass is 554 g/mol. The first kappa shape index (κ1) is 26.7. The molecule has 1 atom stereocenters. The van der Waals surface area contributed by atoms with Gasteiger partial charge in [0.2, 0.25) is 5.88 Å². The minimum Gasteiger partial charge on any atom is -0.496 e. The van der Waals surface area contributed by atoms with Gasteiger partial charge >= 0.3 is 5.97 Å². The Balaban J connectivity index is 1.55. The Morgan fingerprint density at radius 3 is 2.72 bits per heavy atom. The molecule has 0 unspecified atom stereocenters. The molecular weight excluding hydrogens is 527 g/mol. The van der Waals surface area contributed by atoms with E-state index in [1.165, 1.54) is 25.6 Å². The van der Waals surface area contributed by atoms with E-state index in [0.29, 0.717) is 56.9 Å². The van der Waals surface area contributed by atoms with Crippen molar-refractivity contribution in [2.24, 2.45) is 5.92 Å². The second kappa shape index (κ2) is 10.7. The van der Waals surface area contributed by atoms with Crippen molar-refractivity contribution in [2.75, 3.05) is 13.7 Å². The van der Waals surface area contributed by atoms with Crippen molar-refractivity contribution in [3.63, 3.8) is 0 Å². The molecule has 2 aromatic carbocycles. The molecule has 4 aromatic rings. The second-order valence-electron chi connectivity index (χ2n) is 9.90.